The molecule has 49 heavy (non-hydrogen) atoms. The van der Waals surface area contributed by atoms with E-state index in [4.69, 9.17) is 38.2 Å². The Kier molecular flexibility index (Phi) is 10.5. The van der Waals surface area contributed by atoms with E-state index in [0.29, 0.717) is 23.8 Å². The molecule has 1 aliphatic rings. The number of hydrogen-bond acceptors (Lipinski definition) is 11. The van der Waals surface area contributed by atoms with Crippen molar-refractivity contribution in [2.75, 3.05) is 6.61 Å². The lowest BCUT2D eigenvalue weighted by Gasteiger charge is -2.40. The highest BCUT2D eigenvalue weighted by Crippen LogP contribution is 3.04. The van der Waals surface area contributed by atoms with Crippen LogP contribution in [0.5, 0.6) is 17.2 Å². The topological polar surface area (TPSA) is 134 Å². The lowest BCUT2D eigenvalue weighted by Crippen LogP contribution is -2.13. The minimum absolute atomic E-state index is 0.00217. The normalized spacial score (nSPS) is 18.8. The van der Waals surface area contributed by atoms with Crippen molar-refractivity contribution >= 4 is 81.1 Å². The van der Waals surface area contributed by atoms with Crippen LogP contribution in [-0.2, 0) is 33.6 Å². The van der Waals surface area contributed by atoms with Crippen LogP contribution >= 0.6 is 30.9 Å². The number of hydrogen-bond donors (Lipinski definition) is 2. The molecule has 3 N–H and O–H groups in total. The Bertz CT molecular complexity index is 2230. The largest absolute Gasteiger partial charge is 0.508 e. The molecule has 0 aliphatic carbocycles. The maximum atomic E-state index is 13.5. The monoisotopic (exact) mass is 787 g/mol. The van der Waals surface area contributed by atoms with Crippen molar-refractivity contribution in [1.82, 2.24) is 9.78 Å². The molecule has 5 aromatic rings. The van der Waals surface area contributed by atoms with E-state index < -0.39 is 24.9 Å². The summed E-state index contributed by atoms with van der Waals surface area (Å²) in [5.41, 5.74) is 3.12. The molecule has 0 atom stereocenters. The number of nitrogens with zero attached hydrogens (tertiary/aromatic N) is 2. The fraction of sp³-hybridized carbons (Fsp3) is 0.152. The van der Waals surface area contributed by atoms with E-state index in [1.165, 1.54) is 12.1 Å². The van der Waals surface area contributed by atoms with E-state index in [1.807, 2.05) is 37.3 Å². The van der Waals surface area contributed by atoms with Crippen molar-refractivity contribution in [3.05, 3.63) is 108 Å². The van der Waals surface area contributed by atoms with Gasteiger partial charge in [-0.25, -0.2) is 23.0 Å². The second-order valence-corrected chi connectivity index (χ2v) is 33.9. The number of unbranched alkanes of at least 4 members (excludes halogenated alkanes) is 1. The molecule has 1 aliphatic heterocycles. The number of aromatic nitrogens is 2. The number of primary sulfonamides is 1. The highest BCUT2D eigenvalue weighted by molar-refractivity contribution is 9.48. The fourth-order valence-electron chi connectivity index (χ4n) is 4.95. The number of aromatic hydroxyl groups is 1. The SMILES string of the molecule is CCCCOc1cc(-c2cc(C)nn2-c2ccc(S(N)(=O)=O)cc2)ccc1C(=O)Oc1ccc(P2(=S)SP(=S)(c3ccc(O)cc3)S2)cc1. The number of carbonyl (C=O) groups excluding carboxylic acids is 1. The van der Waals surface area contributed by atoms with Crippen molar-refractivity contribution in [2.45, 2.75) is 31.6 Å². The molecular formula is C33H31N3O6P2S5. The van der Waals surface area contributed by atoms with Gasteiger partial charge in [-0.1, -0.05) is 65.0 Å². The first-order chi connectivity index (χ1) is 23.3. The van der Waals surface area contributed by atoms with Gasteiger partial charge < -0.3 is 14.6 Å². The van der Waals surface area contributed by atoms with E-state index in [2.05, 4.69) is 12.0 Å². The molecule has 16 heteroatoms. The summed E-state index contributed by atoms with van der Waals surface area (Å²) in [5.74, 6) is 0.396. The molecule has 9 nitrogen and oxygen atoms in total. The van der Waals surface area contributed by atoms with Crippen LogP contribution in [0.4, 0.5) is 0 Å². The number of sulfonamides is 1. The summed E-state index contributed by atoms with van der Waals surface area (Å²) in [7, 11) is -3.84. The molecule has 0 radical (unpaired) electrons. The van der Waals surface area contributed by atoms with Gasteiger partial charge in [-0.3, -0.25) is 0 Å². The summed E-state index contributed by atoms with van der Waals surface area (Å²) >= 11 is 15.4. The van der Waals surface area contributed by atoms with Gasteiger partial charge in [0.15, 0.2) is 0 Å². The molecule has 0 unspecified atom stereocenters. The average Bonchev–Trinajstić information content (AvgIpc) is 3.46. The molecule has 254 valence electrons. The third-order valence-corrected chi connectivity index (χ3v) is 39.6. The third-order valence-electron chi connectivity index (χ3n) is 7.45. The molecule has 0 amide bonds. The minimum Gasteiger partial charge on any atom is -0.508 e. The predicted octanol–water partition coefficient (Wildman–Crippen LogP) is 7.65. The van der Waals surface area contributed by atoms with Gasteiger partial charge in [0.2, 0.25) is 10.0 Å². The molecule has 0 saturated carbocycles. The van der Waals surface area contributed by atoms with Gasteiger partial charge in [-0.15, -0.1) is 0 Å². The first kappa shape index (κ1) is 35.9. The molecule has 4 aromatic carbocycles. The first-order valence-corrected chi connectivity index (χ1v) is 26.2. The van der Waals surface area contributed by atoms with E-state index in [0.717, 1.165) is 40.4 Å². The van der Waals surface area contributed by atoms with Gasteiger partial charge in [-0.2, -0.15) is 5.10 Å². The Morgan fingerprint density at radius 3 is 2.12 bits per heavy atom. The number of aryl methyl sites for hydroxylation is 1. The van der Waals surface area contributed by atoms with Gasteiger partial charge in [-0.05, 0) is 104 Å². The first-order valence-electron chi connectivity index (χ1n) is 15.0. The Hall–Kier alpha value is -2.93. The maximum absolute atomic E-state index is 13.5. The number of esters is 1. The molecule has 0 spiro atoms. The van der Waals surface area contributed by atoms with Crippen molar-refractivity contribution in [3.63, 3.8) is 0 Å². The van der Waals surface area contributed by atoms with Crippen LogP contribution in [0.25, 0.3) is 16.9 Å². The molecule has 2 heterocycles. The van der Waals surface area contributed by atoms with E-state index >= 15 is 0 Å². The van der Waals surface area contributed by atoms with Crippen molar-refractivity contribution in [3.8, 4) is 34.2 Å². The van der Waals surface area contributed by atoms with Crippen LogP contribution in [0.15, 0.2) is 102 Å². The number of rotatable bonds is 11. The molecule has 0 bridgehead atoms. The molecule has 1 aromatic heterocycles. The fourth-order valence-corrected chi connectivity index (χ4v) is 47.7. The zero-order valence-electron chi connectivity index (χ0n) is 26.3. The molecule has 6 rings (SSSR count). The average molecular weight is 788 g/mol. The Morgan fingerprint density at radius 2 is 1.53 bits per heavy atom. The van der Waals surface area contributed by atoms with Crippen molar-refractivity contribution in [2.24, 2.45) is 5.14 Å². The third kappa shape index (κ3) is 7.87. The number of nitrogens with two attached hydrogens (primary N) is 1. The van der Waals surface area contributed by atoms with Crippen LogP contribution in [0.3, 0.4) is 0 Å². The summed E-state index contributed by atoms with van der Waals surface area (Å²) in [6, 6.07) is 27.6. The minimum atomic E-state index is -3.84. The Morgan fingerprint density at radius 1 is 0.918 bits per heavy atom. The number of benzene rings is 4. The molecule has 1 saturated heterocycles. The van der Waals surface area contributed by atoms with Crippen LogP contribution < -0.4 is 25.2 Å². The van der Waals surface area contributed by atoms with Crippen LogP contribution in [-0.4, -0.2) is 35.9 Å². The number of carbonyl (C=O) groups is 1. The number of ether oxygens (including phenoxy) is 2. The van der Waals surface area contributed by atoms with Crippen LogP contribution in [0.1, 0.15) is 35.8 Å². The van der Waals surface area contributed by atoms with Gasteiger partial charge in [0.25, 0.3) is 0 Å². The summed E-state index contributed by atoms with van der Waals surface area (Å²) in [6.07, 6.45) is 1.72. The maximum Gasteiger partial charge on any atom is 0.347 e. The summed E-state index contributed by atoms with van der Waals surface area (Å²) in [5, 5.41) is 21.6. The standard InChI is InChI=1S/C33H31N3O6P2S5/c1-3-4-19-41-32-21-23(31-20-22(2)35-36(31)24-6-16-29(17-7-24)49(34,39)40)5-18-30(32)33(38)42-26-10-14-28(15-11-26)44(46)47-43(45,48-44)27-12-8-25(37)9-13-27/h5-18,20-21,37H,3-4,19H2,1-2H3,(H2,34,39,40). The van der Waals surface area contributed by atoms with E-state index in [1.54, 1.807) is 81.3 Å². The lowest BCUT2D eigenvalue weighted by molar-refractivity contribution is 0.0730. The zero-order valence-corrected chi connectivity index (χ0v) is 32.1. The van der Waals surface area contributed by atoms with Crippen LogP contribution in [0.2, 0.25) is 0 Å². The summed E-state index contributed by atoms with van der Waals surface area (Å²) in [4.78, 5) is 13.5. The van der Waals surface area contributed by atoms with E-state index in [-0.39, 0.29) is 16.2 Å². The quantitative estimate of drug-likeness (QED) is 0.0592. The Labute approximate surface area is 302 Å². The second kappa shape index (κ2) is 14.4. The Balaban J connectivity index is 1.22. The molecular weight excluding hydrogens is 757 g/mol. The predicted molar refractivity (Wildman–Crippen MR) is 208 cm³/mol. The highest BCUT2D eigenvalue weighted by atomic mass is 33.7. The number of phenols is 1. The van der Waals surface area contributed by atoms with Gasteiger partial charge >= 0.3 is 5.97 Å². The lowest BCUT2D eigenvalue weighted by atomic mass is 10.1. The van der Waals surface area contributed by atoms with Gasteiger partial charge in [0.1, 0.15) is 22.8 Å². The zero-order chi connectivity index (χ0) is 35.0. The van der Waals surface area contributed by atoms with Gasteiger partial charge in [0.05, 0.1) is 37.5 Å². The van der Waals surface area contributed by atoms with E-state index in [9.17, 15) is 18.3 Å². The van der Waals surface area contributed by atoms with Gasteiger partial charge in [0, 0.05) is 16.2 Å². The second-order valence-electron chi connectivity index (χ2n) is 11.1. The van der Waals surface area contributed by atoms with Crippen LogP contribution in [0, 0.1) is 6.92 Å². The van der Waals surface area contributed by atoms with Crippen molar-refractivity contribution < 1.29 is 27.8 Å². The summed E-state index contributed by atoms with van der Waals surface area (Å²) in [6.45, 7) is 4.33. The van der Waals surface area contributed by atoms with Crippen molar-refractivity contribution in [1.29, 1.82) is 0 Å². The smallest absolute Gasteiger partial charge is 0.347 e. The summed E-state index contributed by atoms with van der Waals surface area (Å²) < 4.78 is 33.2. The molecule has 1 fully saturated rings. The highest BCUT2D eigenvalue weighted by Gasteiger charge is 2.45. The number of phenolic OH excluding ortho intramolecular Hbond substituents is 1.